The Kier molecular flexibility index (Phi) is 11.9. The Hall–Kier alpha value is -0.260. The van der Waals surface area contributed by atoms with E-state index in [-0.39, 0.29) is 13.2 Å². The molecule has 0 spiro atoms. The predicted octanol–water partition coefficient (Wildman–Crippen LogP) is 1.21. The van der Waals surface area contributed by atoms with Gasteiger partial charge < -0.3 is 0 Å². The lowest BCUT2D eigenvalue weighted by molar-refractivity contribution is 0.263. The summed E-state index contributed by atoms with van der Waals surface area (Å²) >= 11 is 0. The Labute approximate surface area is 108 Å². The zero-order valence-corrected chi connectivity index (χ0v) is 12.0. The molecule has 18 heavy (non-hydrogen) atoms. The van der Waals surface area contributed by atoms with E-state index in [4.69, 9.17) is 9.11 Å². The van der Waals surface area contributed by atoms with E-state index in [2.05, 4.69) is 8.37 Å². The van der Waals surface area contributed by atoms with E-state index < -0.39 is 20.8 Å². The van der Waals surface area contributed by atoms with E-state index >= 15 is 0 Å². The molecule has 0 aliphatic rings. The van der Waals surface area contributed by atoms with Gasteiger partial charge in [-0.2, -0.15) is 16.8 Å². The van der Waals surface area contributed by atoms with Gasteiger partial charge in [-0.05, 0) is 12.8 Å². The molecular formula is C8H20O8S2. The highest BCUT2D eigenvalue weighted by molar-refractivity contribution is 7.81. The third-order valence-corrected chi connectivity index (χ3v) is 2.39. The summed E-state index contributed by atoms with van der Waals surface area (Å²) in [5, 5.41) is 0. The Bertz CT molecular complexity index is 334. The molecule has 0 aliphatic heterocycles. The van der Waals surface area contributed by atoms with Crippen LogP contribution in [0.1, 0.15) is 39.5 Å². The zero-order chi connectivity index (χ0) is 14.7. The summed E-state index contributed by atoms with van der Waals surface area (Å²) in [7, 11) is -8.39. The Morgan fingerprint density at radius 3 is 1.22 bits per heavy atom. The molecule has 0 saturated carbocycles. The summed E-state index contributed by atoms with van der Waals surface area (Å²) in [6, 6.07) is 0. The van der Waals surface area contributed by atoms with Crippen LogP contribution in [0.2, 0.25) is 0 Å². The summed E-state index contributed by atoms with van der Waals surface area (Å²) in [4.78, 5) is 0. The quantitative estimate of drug-likeness (QED) is 0.506. The van der Waals surface area contributed by atoms with Crippen molar-refractivity contribution in [3.8, 4) is 0 Å². The van der Waals surface area contributed by atoms with Crippen molar-refractivity contribution in [2.45, 2.75) is 39.5 Å². The second-order valence-corrected chi connectivity index (χ2v) is 5.39. The molecule has 2 N–H and O–H groups in total. The van der Waals surface area contributed by atoms with Crippen molar-refractivity contribution in [2.75, 3.05) is 13.2 Å². The molecule has 10 heteroatoms. The fraction of sp³-hybridized carbons (Fsp3) is 1.00. The highest BCUT2D eigenvalue weighted by Gasteiger charge is 2.01. The van der Waals surface area contributed by atoms with Crippen LogP contribution in [-0.2, 0) is 29.2 Å². The third kappa shape index (κ3) is 24.8. The van der Waals surface area contributed by atoms with E-state index in [1.165, 1.54) is 0 Å². The molecule has 0 heterocycles. The van der Waals surface area contributed by atoms with Crippen molar-refractivity contribution in [3.05, 3.63) is 0 Å². The van der Waals surface area contributed by atoms with Crippen LogP contribution in [0.4, 0.5) is 0 Å². The first kappa shape index (κ1) is 20.1. The topological polar surface area (TPSA) is 127 Å². The molecule has 0 fully saturated rings. The molecule has 0 unspecified atom stereocenters. The van der Waals surface area contributed by atoms with Crippen molar-refractivity contribution in [1.29, 1.82) is 0 Å². The van der Waals surface area contributed by atoms with E-state index in [1.54, 1.807) is 0 Å². The highest BCUT2D eigenvalue weighted by Crippen LogP contribution is 1.92. The lowest BCUT2D eigenvalue weighted by Crippen LogP contribution is -2.04. The summed E-state index contributed by atoms with van der Waals surface area (Å²) in [5.41, 5.74) is 0. The van der Waals surface area contributed by atoms with Crippen LogP contribution in [0.3, 0.4) is 0 Å². The lowest BCUT2D eigenvalue weighted by atomic mass is 10.4. The SMILES string of the molecule is CCCCOS(=O)(=O)O.CCCCOS(=O)(=O)O. The minimum atomic E-state index is -4.20. The van der Waals surface area contributed by atoms with Crippen molar-refractivity contribution in [3.63, 3.8) is 0 Å². The second-order valence-electron chi connectivity index (χ2n) is 3.21. The molecule has 0 atom stereocenters. The second kappa shape index (κ2) is 10.6. The molecule has 0 bridgehead atoms. The molecular weight excluding hydrogens is 288 g/mol. The van der Waals surface area contributed by atoms with Gasteiger partial charge in [-0.25, -0.2) is 8.37 Å². The molecule has 0 aliphatic carbocycles. The van der Waals surface area contributed by atoms with Crippen LogP contribution in [0.25, 0.3) is 0 Å². The van der Waals surface area contributed by atoms with Crippen molar-refractivity contribution >= 4 is 20.8 Å². The normalized spacial score (nSPS) is 11.8. The molecule has 0 aromatic carbocycles. The van der Waals surface area contributed by atoms with Crippen molar-refractivity contribution < 1.29 is 34.3 Å². The first-order valence-corrected chi connectivity index (χ1v) is 8.09. The maximum atomic E-state index is 9.84. The van der Waals surface area contributed by atoms with E-state index in [1.807, 2.05) is 13.8 Å². The number of rotatable bonds is 8. The third-order valence-electron chi connectivity index (χ3n) is 1.46. The van der Waals surface area contributed by atoms with Gasteiger partial charge in [0.1, 0.15) is 0 Å². The summed E-state index contributed by atoms with van der Waals surface area (Å²) in [5.74, 6) is 0. The van der Waals surface area contributed by atoms with E-state index in [9.17, 15) is 16.8 Å². The first-order valence-electron chi connectivity index (χ1n) is 5.36. The van der Waals surface area contributed by atoms with Crippen LogP contribution in [0.15, 0.2) is 0 Å². The van der Waals surface area contributed by atoms with E-state index in [0.717, 1.165) is 12.8 Å². The molecule has 112 valence electrons. The fourth-order valence-electron chi connectivity index (χ4n) is 0.617. The maximum Gasteiger partial charge on any atom is 0.397 e. The smallest absolute Gasteiger partial charge is 0.264 e. The minimum Gasteiger partial charge on any atom is -0.264 e. The van der Waals surface area contributed by atoms with Crippen molar-refractivity contribution in [2.24, 2.45) is 0 Å². The summed E-state index contributed by atoms with van der Waals surface area (Å²) in [6.45, 7) is 3.92. The molecule has 0 aromatic heterocycles. The van der Waals surface area contributed by atoms with Gasteiger partial charge in [0.2, 0.25) is 0 Å². The Morgan fingerprint density at radius 2 is 1.06 bits per heavy atom. The van der Waals surface area contributed by atoms with Gasteiger partial charge in [-0.1, -0.05) is 26.7 Å². The Morgan fingerprint density at radius 1 is 0.778 bits per heavy atom. The lowest BCUT2D eigenvalue weighted by Gasteiger charge is -1.95. The van der Waals surface area contributed by atoms with Gasteiger partial charge in [0, 0.05) is 0 Å². The number of hydrogen-bond donors (Lipinski definition) is 2. The van der Waals surface area contributed by atoms with Crippen LogP contribution in [-0.4, -0.2) is 39.2 Å². The van der Waals surface area contributed by atoms with Crippen LogP contribution in [0, 0.1) is 0 Å². The molecule has 0 rings (SSSR count). The van der Waals surface area contributed by atoms with Gasteiger partial charge in [-0.3, -0.25) is 9.11 Å². The van der Waals surface area contributed by atoms with Gasteiger partial charge in [0.05, 0.1) is 13.2 Å². The summed E-state index contributed by atoms with van der Waals surface area (Å²) in [6.07, 6.45) is 2.96. The number of hydrogen-bond acceptors (Lipinski definition) is 6. The molecule has 0 aromatic rings. The maximum absolute atomic E-state index is 9.84. The molecule has 0 amide bonds. The average molecular weight is 308 g/mol. The van der Waals surface area contributed by atoms with Gasteiger partial charge in [-0.15, -0.1) is 0 Å². The highest BCUT2D eigenvalue weighted by atomic mass is 32.3. The standard InChI is InChI=1S/2C4H10O4S/c2*1-2-3-4-8-9(5,6)7/h2*2-4H2,1H3,(H,5,6,7). The summed E-state index contributed by atoms with van der Waals surface area (Å²) < 4.78 is 63.3. The monoisotopic (exact) mass is 308 g/mol. The zero-order valence-electron chi connectivity index (χ0n) is 10.4. The van der Waals surface area contributed by atoms with E-state index in [0.29, 0.717) is 12.8 Å². The van der Waals surface area contributed by atoms with Crippen LogP contribution < -0.4 is 0 Å². The van der Waals surface area contributed by atoms with Gasteiger partial charge in [0.25, 0.3) is 0 Å². The number of unbranched alkanes of at least 4 members (excludes halogenated alkanes) is 2. The molecule has 8 nitrogen and oxygen atoms in total. The van der Waals surface area contributed by atoms with Crippen molar-refractivity contribution in [1.82, 2.24) is 0 Å². The van der Waals surface area contributed by atoms with Crippen LogP contribution >= 0.6 is 0 Å². The van der Waals surface area contributed by atoms with Crippen LogP contribution in [0.5, 0.6) is 0 Å². The average Bonchev–Trinajstić information content (AvgIpc) is 2.16. The minimum absolute atomic E-state index is 0.0648. The molecule has 0 radical (unpaired) electrons. The molecule has 0 saturated heterocycles. The fourth-order valence-corrected chi connectivity index (χ4v) is 1.27. The van der Waals surface area contributed by atoms with Gasteiger partial charge in [0.15, 0.2) is 0 Å². The predicted molar refractivity (Wildman–Crippen MR) is 64.8 cm³/mol. The largest absolute Gasteiger partial charge is 0.397 e. The Balaban J connectivity index is 0. The van der Waals surface area contributed by atoms with Gasteiger partial charge >= 0.3 is 20.8 Å². The first-order chi connectivity index (χ1) is 8.12.